The predicted molar refractivity (Wildman–Crippen MR) is 166 cm³/mol. The maximum atomic E-state index is 12.7. The van der Waals surface area contributed by atoms with Crippen molar-refractivity contribution in [2.75, 3.05) is 6.61 Å². The van der Waals surface area contributed by atoms with E-state index in [2.05, 4.69) is 0 Å². The Morgan fingerprint density at radius 3 is 1.56 bits per heavy atom. The lowest BCUT2D eigenvalue weighted by molar-refractivity contribution is -0.156. The normalized spacial score (nSPS) is 27.1. The molecule has 48 heavy (non-hydrogen) atoms. The summed E-state index contributed by atoms with van der Waals surface area (Å²) < 4.78 is 39.9. The Morgan fingerprint density at radius 2 is 1.10 bits per heavy atom. The van der Waals surface area contributed by atoms with E-state index in [-0.39, 0.29) is 29.7 Å². The number of hydrogen-bond donors (Lipinski definition) is 0. The molecule has 0 aromatic rings. The minimum atomic E-state index is -1.42. The molecule has 0 fully saturated rings. The summed E-state index contributed by atoms with van der Waals surface area (Å²) in [5.74, 6) is -5.90. The molecule has 2 rings (SSSR count). The van der Waals surface area contributed by atoms with Crippen molar-refractivity contribution in [2.24, 2.45) is 11.3 Å². The number of fused-ring (bicyclic) bond motifs is 2. The molecule has 0 radical (unpaired) electrons. The van der Waals surface area contributed by atoms with E-state index in [0.717, 1.165) is 27.7 Å². The Balaban J connectivity index is 3.25. The lowest BCUT2D eigenvalue weighted by Crippen LogP contribution is -2.49. The van der Waals surface area contributed by atoms with Crippen LogP contribution in [0.1, 0.15) is 89.0 Å². The summed E-state index contributed by atoms with van der Waals surface area (Å²) in [5, 5.41) is 0. The van der Waals surface area contributed by atoms with Gasteiger partial charge in [-0.2, -0.15) is 0 Å². The summed E-state index contributed by atoms with van der Waals surface area (Å²) >= 11 is 0. The van der Waals surface area contributed by atoms with E-state index in [1.807, 2.05) is 0 Å². The highest BCUT2D eigenvalue weighted by Gasteiger charge is 2.51. The molecule has 14 heteroatoms. The van der Waals surface area contributed by atoms with Crippen molar-refractivity contribution in [3.8, 4) is 0 Å². The van der Waals surface area contributed by atoms with Gasteiger partial charge in [-0.1, -0.05) is 13.8 Å². The Morgan fingerprint density at radius 1 is 0.625 bits per heavy atom. The van der Waals surface area contributed by atoms with Gasteiger partial charge in [0.15, 0.2) is 11.9 Å². The standard InChI is InChI=1S/C34H46O14/c1-16-27(43-19(4)36)13-26-30(46-22(7)39)12-25(15-42-18(3)35)29(45-21(6)38)14-28(44-20(5)37)17(2)32(47-23(8)40)33(48-24(9)41)31(16)34(26,10)11/h12,26-30,33H,13-15H2,1-11H3/b25-12?,32-17-/t26-,27-,28-,29-,30-,33+/m0/s1. The van der Waals surface area contributed by atoms with Crippen molar-refractivity contribution in [3.63, 3.8) is 0 Å². The Hall–Kier alpha value is -4.49. The number of hydrogen-bond acceptors (Lipinski definition) is 14. The summed E-state index contributed by atoms with van der Waals surface area (Å²) in [4.78, 5) is 87.1. The van der Waals surface area contributed by atoms with Crippen LogP contribution in [0.5, 0.6) is 0 Å². The molecule has 266 valence electrons. The predicted octanol–water partition coefficient (Wildman–Crippen LogP) is 3.74. The first-order valence-electron chi connectivity index (χ1n) is 15.5. The van der Waals surface area contributed by atoms with Crippen LogP contribution in [0.3, 0.4) is 0 Å². The van der Waals surface area contributed by atoms with Crippen molar-refractivity contribution in [1.82, 2.24) is 0 Å². The van der Waals surface area contributed by atoms with E-state index in [1.165, 1.54) is 33.8 Å². The lowest BCUT2D eigenvalue weighted by atomic mass is 9.60. The fourth-order valence-electron chi connectivity index (χ4n) is 6.33. The summed E-state index contributed by atoms with van der Waals surface area (Å²) in [6.07, 6.45) is -4.63. The maximum Gasteiger partial charge on any atom is 0.307 e. The van der Waals surface area contributed by atoms with Crippen LogP contribution in [0.4, 0.5) is 0 Å². The van der Waals surface area contributed by atoms with Gasteiger partial charge in [0.25, 0.3) is 0 Å². The molecule has 0 heterocycles. The number of carbonyl (C=O) groups is 7. The second-order valence-electron chi connectivity index (χ2n) is 12.4. The van der Waals surface area contributed by atoms with Crippen LogP contribution in [-0.2, 0) is 66.7 Å². The van der Waals surface area contributed by atoms with Crippen molar-refractivity contribution >= 4 is 41.8 Å². The van der Waals surface area contributed by atoms with E-state index >= 15 is 0 Å². The molecular weight excluding hydrogens is 632 g/mol. The number of carbonyl (C=O) groups excluding carboxylic acids is 7. The zero-order valence-corrected chi connectivity index (χ0v) is 29.4. The van der Waals surface area contributed by atoms with E-state index in [1.54, 1.807) is 20.8 Å². The Kier molecular flexibility index (Phi) is 13.7. The first-order chi connectivity index (χ1) is 22.1. The third-order valence-corrected chi connectivity index (χ3v) is 8.19. The van der Waals surface area contributed by atoms with E-state index in [4.69, 9.17) is 33.2 Å². The van der Waals surface area contributed by atoms with E-state index in [9.17, 15) is 33.6 Å². The molecule has 2 bridgehead atoms. The van der Waals surface area contributed by atoms with Crippen molar-refractivity contribution < 1.29 is 66.7 Å². The van der Waals surface area contributed by atoms with Gasteiger partial charge in [0.05, 0.1) is 0 Å². The van der Waals surface area contributed by atoms with Gasteiger partial charge in [-0.05, 0) is 42.9 Å². The van der Waals surface area contributed by atoms with Crippen LogP contribution in [0.25, 0.3) is 0 Å². The first-order valence-corrected chi connectivity index (χ1v) is 15.5. The second kappa shape index (κ2) is 16.6. The lowest BCUT2D eigenvalue weighted by Gasteiger charge is -2.48. The van der Waals surface area contributed by atoms with Crippen LogP contribution in [0, 0.1) is 11.3 Å². The van der Waals surface area contributed by atoms with E-state index < -0.39 is 90.2 Å². The minimum Gasteiger partial charge on any atom is -0.461 e. The van der Waals surface area contributed by atoms with Gasteiger partial charge in [-0.3, -0.25) is 33.6 Å². The minimum absolute atomic E-state index is 0.115. The average molecular weight is 679 g/mol. The second-order valence-corrected chi connectivity index (χ2v) is 12.4. The maximum absolute atomic E-state index is 12.7. The average Bonchev–Trinajstić information content (AvgIpc) is 2.91. The molecule has 0 aromatic heterocycles. The molecule has 0 saturated heterocycles. The van der Waals surface area contributed by atoms with Crippen molar-refractivity contribution in [2.45, 2.75) is 120 Å². The summed E-state index contributed by atoms with van der Waals surface area (Å²) in [5.41, 5.74) is 0.106. The van der Waals surface area contributed by atoms with Gasteiger partial charge in [0.1, 0.15) is 31.0 Å². The quantitative estimate of drug-likeness (QED) is 0.205. The van der Waals surface area contributed by atoms with Gasteiger partial charge < -0.3 is 33.2 Å². The van der Waals surface area contributed by atoms with Crippen LogP contribution >= 0.6 is 0 Å². The molecule has 0 aliphatic heterocycles. The third-order valence-electron chi connectivity index (χ3n) is 8.19. The topological polar surface area (TPSA) is 184 Å². The van der Waals surface area contributed by atoms with Crippen LogP contribution in [0.15, 0.2) is 34.1 Å². The molecule has 2 aliphatic carbocycles. The van der Waals surface area contributed by atoms with Crippen LogP contribution < -0.4 is 0 Å². The highest BCUT2D eigenvalue weighted by atomic mass is 16.6. The van der Waals surface area contributed by atoms with Gasteiger partial charge >= 0.3 is 41.8 Å². The smallest absolute Gasteiger partial charge is 0.307 e. The fourth-order valence-corrected chi connectivity index (χ4v) is 6.33. The van der Waals surface area contributed by atoms with E-state index in [0.29, 0.717) is 11.1 Å². The molecule has 6 atom stereocenters. The van der Waals surface area contributed by atoms with Crippen molar-refractivity contribution in [1.29, 1.82) is 0 Å². The van der Waals surface area contributed by atoms with Gasteiger partial charge in [-0.15, -0.1) is 0 Å². The monoisotopic (exact) mass is 678 g/mol. The molecule has 0 spiro atoms. The van der Waals surface area contributed by atoms with Crippen LogP contribution in [0.2, 0.25) is 0 Å². The SMILES string of the molecule is CC(=O)OCC1=C[C@H](OC(C)=O)[C@@H]2C[C@H](OC(C)=O)C(C)=C([C@@H](OC(C)=O)/C(OC(C)=O)=C(\C)[C@@H](OC(C)=O)C[C@@H]1OC(C)=O)C2(C)C. The zero-order valence-electron chi connectivity index (χ0n) is 29.4. The van der Waals surface area contributed by atoms with Crippen molar-refractivity contribution in [3.05, 3.63) is 34.1 Å². The summed E-state index contributed by atoms with van der Waals surface area (Å²) in [6.45, 7) is 14.6. The van der Waals surface area contributed by atoms with Gasteiger partial charge in [0.2, 0.25) is 0 Å². The summed E-state index contributed by atoms with van der Waals surface area (Å²) in [7, 11) is 0. The molecule has 0 amide bonds. The fraction of sp³-hybridized carbons (Fsp3) is 0.618. The summed E-state index contributed by atoms with van der Waals surface area (Å²) in [6, 6.07) is 0. The zero-order chi connectivity index (χ0) is 36.7. The largest absolute Gasteiger partial charge is 0.461 e. The molecule has 0 saturated carbocycles. The van der Waals surface area contributed by atoms with Gasteiger partial charge in [-0.25, -0.2) is 0 Å². The number of esters is 7. The molecule has 0 unspecified atom stereocenters. The molecule has 2 aliphatic rings. The number of ether oxygens (including phenoxy) is 7. The highest BCUT2D eigenvalue weighted by molar-refractivity contribution is 5.71. The molecule has 14 nitrogen and oxygen atoms in total. The molecule has 0 N–H and O–H groups in total. The molecular formula is C34H46O14. The van der Waals surface area contributed by atoms with Gasteiger partial charge in [0, 0.05) is 72.0 Å². The van der Waals surface area contributed by atoms with Crippen LogP contribution in [-0.4, -0.2) is 78.9 Å². The number of rotatable bonds is 8. The Bertz CT molecular complexity index is 1410. The molecule has 0 aromatic carbocycles. The highest BCUT2D eigenvalue weighted by Crippen LogP contribution is 2.52. The third kappa shape index (κ3) is 10.5. The Labute approximate surface area is 280 Å². The first kappa shape index (κ1) is 39.7.